The van der Waals surface area contributed by atoms with Crippen molar-refractivity contribution in [3.05, 3.63) is 29.3 Å². The second-order valence-corrected chi connectivity index (χ2v) is 6.93. The van der Waals surface area contributed by atoms with Crippen molar-refractivity contribution in [2.45, 2.75) is 24.8 Å². The molecule has 0 atom stereocenters. The number of rotatable bonds is 4. The Balaban J connectivity index is 2.30. The summed E-state index contributed by atoms with van der Waals surface area (Å²) in [6.45, 7) is 4.70. The fourth-order valence-electron chi connectivity index (χ4n) is 2.30. The van der Waals surface area contributed by atoms with Gasteiger partial charge in [-0.3, -0.25) is 0 Å². The third-order valence-corrected chi connectivity index (χ3v) is 5.40. The fourth-order valence-corrected chi connectivity index (χ4v) is 3.82. The van der Waals surface area contributed by atoms with Gasteiger partial charge in [0.05, 0.1) is 11.5 Å². The molecule has 0 amide bonds. The highest BCUT2D eigenvalue weighted by molar-refractivity contribution is 7.89. The normalized spacial score (nSPS) is 17.9. The lowest BCUT2D eigenvalue weighted by molar-refractivity contribution is 0.148. The zero-order valence-electron chi connectivity index (χ0n) is 12.1. The molecule has 1 aliphatic heterocycles. The highest BCUT2D eigenvalue weighted by atomic mass is 32.2. The molecule has 1 fully saturated rings. The first kappa shape index (κ1) is 15.4. The maximum absolute atomic E-state index is 12.7. The van der Waals surface area contributed by atoms with Gasteiger partial charge in [-0.05, 0) is 43.7 Å². The summed E-state index contributed by atoms with van der Waals surface area (Å²) in [6.07, 6.45) is 0.745. The SMILES string of the molecule is CNCc1cc(S(=O)(=O)N2CCCOCC2)ccc1C. The molecule has 2 rings (SSSR count). The van der Waals surface area contributed by atoms with Crippen molar-refractivity contribution in [1.29, 1.82) is 0 Å². The minimum Gasteiger partial charge on any atom is -0.380 e. The molecule has 1 aliphatic rings. The molecule has 0 aliphatic carbocycles. The van der Waals surface area contributed by atoms with E-state index in [9.17, 15) is 8.42 Å². The van der Waals surface area contributed by atoms with Crippen LogP contribution in [0.15, 0.2) is 23.1 Å². The van der Waals surface area contributed by atoms with Gasteiger partial charge in [-0.25, -0.2) is 8.42 Å². The van der Waals surface area contributed by atoms with Gasteiger partial charge in [0.1, 0.15) is 0 Å². The van der Waals surface area contributed by atoms with Crippen LogP contribution >= 0.6 is 0 Å². The second-order valence-electron chi connectivity index (χ2n) is 4.99. The highest BCUT2D eigenvalue weighted by Gasteiger charge is 2.25. The molecule has 0 spiro atoms. The number of aryl methyl sites for hydroxylation is 1. The number of hydrogen-bond acceptors (Lipinski definition) is 4. The van der Waals surface area contributed by atoms with Gasteiger partial charge in [-0.2, -0.15) is 4.31 Å². The van der Waals surface area contributed by atoms with Crippen LogP contribution in [-0.4, -0.2) is 46.1 Å². The number of ether oxygens (including phenoxy) is 1. The van der Waals surface area contributed by atoms with Crippen LogP contribution in [0.4, 0.5) is 0 Å². The van der Waals surface area contributed by atoms with Gasteiger partial charge in [0.15, 0.2) is 0 Å². The van der Waals surface area contributed by atoms with Crippen LogP contribution in [0.1, 0.15) is 17.5 Å². The number of nitrogens with one attached hydrogen (secondary N) is 1. The van der Waals surface area contributed by atoms with E-state index in [1.807, 2.05) is 20.0 Å². The molecule has 5 nitrogen and oxygen atoms in total. The van der Waals surface area contributed by atoms with Crippen LogP contribution in [0.3, 0.4) is 0 Å². The van der Waals surface area contributed by atoms with Gasteiger partial charge in [-0.15, -0.1) is 0 Å². The predicted octanol–water partition coefficient (Wildman–Crippen LogP) is 1.13. The molecule has 0 aromatic heterocycles. The van der Waals surface area contributed by atoms with Crippen molar-refractivity contribution >= 4 is 10.0 Å². The van der Waals surface area contributed by atoms with E-state index in [-0.39, 0.29) is 0 Å². The van der Waals surface area contributed by atoms with Gasteiger partial charge in [0.2, 0.25) is 10.0 Å². The third-order valence-electron chi connectivity index (χ3n) is 3.51. The van der Waals surface area contributed by atoms with Gasteiger partial charge < -0.3 is 10.1 Å². The van der Waals surface area contributed by atoms with Crippen LogP contribution in [0, 0.1) is 6.92 Å². The van der Waals surface area contributed by atoms with Crippen molar-refractivity contribution in [3.8, 4) is 0 Å². The maximum atomic E-state index is 12.7. The highest BCUT2D eigenvalue weighted by Crippen LogP contribution is 2.20. The van der Waals surface area contributed by atoms with Gasteiger partial charge >= 0.3 is 0 Å². The van der Waals surface area contributed by atoms with E-state index in [4.69, 9.17) is 4.74 Å². The molecule has 1 N–H and O–H groups in total. The molecule has 1 heterocycles. The lowest BCUT2D eigenvalue weighted by Crippen LogP contribution is -2.33. The van der Waals surface area contributed by atoms with E-state index in [2.05, 4.69) is 5.32 Å². The van der Waals surface area contributed by atoms with Crippen LogP contribution in [0.5, 0.6) is 0 Å². The molecule has 112 valence electrons. The Morgan fingerprint density at radius 3 is 2.85 bits per heavy atom. The van der Waals surface area contributed by atoms with Gasteiger partial charge in [-0.1, -0.05) is 6.07 Å². The minimum atomic E-state index is -3.42. The number of nitrogens with zero attached hydrogens (tertiary/aromatic N) is 1. The zero-order valence-corrected chi connectivity index (χ0v) is 12.9. The smallest absolute Gasteiger partial charge is 0.243 e. The summed E-state index contributed by atoms with van der Waals surface area (Å²) in [7, 11) is -1.56. The topological polar surface area (TPSA) is 58.6 Å². The molecule has 0 saturated carbocycles. The average molecular weight is 298 g/mol. The molecule has 20 heavy (non-hydrogen) atoms. The maximum Gasteiger partial charge on any atom is 0.243 e. The second kappa shape index (κ2) is 6.67. The van der Waals surface area contributed by atoms with Crippen molar-refractivity contribution in [2.24, 2.45) is 0 Å². The molecule has 0 unspecified atom stereocenters. The van der Waals surface area contributed by atoms with E-state index in [1.54, 1.807) is 12.1 Å². The lowest BCUT2D eigenvalue weighted by Gasteiger charge is -2.20. The summed E-state index contributed by atoms with van der Waals surface area (Å²) in [5, 5.41) is 3.06. The Hall–Kier alpha value is -0.950. The van der Waals surface area contributed by atoms with Crippen molar-refractivity contribution in [1.82, 2.24) is 9.62 Å². The Labute approximate surface area is 121 Å². The predicted molar refractivity (Wildman–Crippen MR) is 78.1 cm³/mol. The van der Waals surface area contributed by atoms with Crippen molar-refractivity contribution < 1.29 is 13.2 Å². The molecular weight excluding hydrogens is 276 g/mol. The standard InChI is InChI=1S/C14H22N2O3S/c1-12-4-5-14(10-13(12)11-15-2)20(17,18)16-6-3-8-19-9-7-16/h4-5,10,15H,3,6-9,11H2,1-2H3. The summed E-state index contributed by atoms with van der Waals surface area (Å²) in [4.78, 5) is 0.371. The van der Waals surface area contributed by atoms with Crippen LogP contribution < -0.4 is 5.32 Å². The molecule has 1 aromatic carbocycles. The van der Waals surface area contributed by atoms with E-state index in [0.717, 1.165) is 17.5 Å². The van der Waals surface area contributed by atoms with Crippen molar-refractivity contribution in [2.75, 3.05) is 33.4 Å². The summed E-state index contributed by atoms with van der Waals surface area (Å²) in [6, 6.07) is 5.33. The van der Waals surface area contributed by atoms with E-state index in [0.29, 0.717) is 37.7 Å². The number of hydrogen-bond donors (Lipinski definition) is 1. The van der Waals surface area contributed by atoms with E-state index < -0.39 is 10.0 Å². The lowest BCUT2D eigenvalue weighted by atomic mass is 10.1. The van der Waals surface area contributed by atoms with Gasteiger partial charge in [0, 0.05) is 26.2 Å². The monoisotopic (exact) mass is 298 g/mol. The minimum absolute atomic E-state index is 0.371. The summed E-state index contributed by atoms with van der Waals surface area (Å²) >= 11 is 0. The third kappa shape index (κ3) is 3.38. The Bertz CT molecular complexity index is 550. The van der Waals surface area contributed by atoms with Crippen LogP contribution in [-0.2, 0) is 21.3 Å². The van der Waals surface area contributed by atoms with Gasteiger partial charge in [0.25, 0.3) is 0 Å². The Morgan fingerprint density at radius 2 is 2.10 bits per heavy atom. The Kier molecular flexibility index (Phi) is 5.15. The zero-order chi connectivity index (χ0) is 14.6. The molecule has 1 aromatic rings. The molecule has 0 bridgehead atoms. The van der Waals surface area contributed by atoms with Crippen molar-refractivity contribution in [3.63, 3.8) is 0 Å². The summed E-state index contributed by atoms with van der Waals surface area (Å²) in [5.74, 6) is 0. The van der Waals surface area contributed by atoms with E-state index >= 15 is 0 Å². The quantitative estimate of drug-likeness (QED) is 0.905. The average Bonchev–Trinajstić information content (AvgIpc) is 2.70. The molecule has 0 radical (unpaired) electrons. The molecular formula is C14H22N2O3S. The van der Waals surface area contributed by atoms with E-state index in [1.165, 1.54) is 4.31 Å². The van der Waals surface area contributed by atoms with Crippen LogP contribution in [0.2, 0.25) is 0 Å². The Morgan fingerprint density at radius 1 is 1.30 bits per heavy atom. The number of sulfonamides is 1. The molecule has 6 heteroatoms. The van der Waals surface area contributed by atoms with Crippen LogP contribution in [0.25, 0.3) is 0 Å². The first-order valence-corrected chi connectivity index (χ1v) is 8.32. The number of benzene rings is 1. The summed E-state index contributed by atoms with van der Waals surface area (Å²) in [5.41, 5.74) is 2.11. The first-order valence-electron chi connectivity index (χ1n) is 6.87. The first-order chi connectivity index (χ1) is 9.55. The molecule has 1 saturated heterocycles. The summed E-state index contributed by atoms with van der Waals surface area (Å²) < 4.78 is 32.2. The largest absolute Gasteiger partial charge is 0.380 e. The fraction of sp³-hybridized carbons (Fsp3) is 0.571.